The molecule has 1 N–H and O–H groups in total. The molecule has 134 valence electrons. The average Bonchev–Trinajstić information content (AvgIpc) is 2.89. The molecular weight excluding hydrogens is 350 g/mol. The van der Waals surface area contributed by atoms with Gasteiger partial charge in [0.05, 0.1) is 6.54 Å². The predicted octanol–water partition coefficient (Wildman–Crippen LogP) is 2.40. The standard InChI is InChI=1S/C17H12F2N2O5/c1-2-8-24-16(23)20-12-4-3-7-21(15(12)22)10-11-5-6-13-14(9-11)26-17(18,19)25-13/h1,3-7,9H,8,10H2,(H,20,23). The van der Waals surface area contributed by atoms with Crippen molar-refractivity contribution >= 4 is 11.8 Å². The molecule has 2 heterocycles. The first kappa shape index (κ1) is 17.3. The summed E-state index contributed by atoms with van der Waals surface area (Å²) in [5.74, 6) is 1.92. The van der Waals surface area contributed by atoms with Gasteiger partial charge in [-0.1, -0.05) is 12.0 Å². The zero-order valence-electron chi connectivity index (χ0n) is 13.2. The van der Waals surface area contributed by atoms with Crippen LogP contribution in [0.3, 0.4) is 0 Å². The van der Waals surface area contributed by atoms with Crippen LogP contribution < -0.4 is 20.3 Å². The van der Waals surface area contributed by atoms with Crippen molar-refractivity contribution in [3.8, 4) is 23.8 Å². The molecule has 0 radical (unpaired) electrons. The Labute approximate surface area is 146 Å². The number of aromatic nitrogens is 1. The van der Waals surface area contributed by atoms with Gasteiger partial charge in [0.2, 0.25) is 0 Å². The van der Waals surface area contributed by atoms with Crippen LogP contribution in [0.15, 0.2) is 41.3 Å². The van der Waals surface area contributed by atoms with Crippen LogP contribution in [0.5, 0.6) is 11.5 Å². The summed E-state index contributed by atoms with van der Waals surface area (Å²) in [4.78, 5) is 23.9. The Kier molecular flexibility index (Phi) is 4.49. The molecule has 2 aromatic rings. The Hall–Kier alpha value is -3.54. The van der Waals surface area contributed by atoms with Crippen LogP contribution in [0.2, 0.25) is 0 Å². The maximum absolute atomic E-state index is 13.1. The van der Waals surface area contributed by atoms with Gasteiger partial charge in [0.1, 0.15) is 5.69 Å². The second-order valence-electron chi connectivity index (χ2n) is 5.21. The highest BCUT2D eigenvalue weighted by atomic mass is 19.3. The van der Waals surface area contributed by atoms with Crippen LogP contribution in [0.4, 0.5) is 19.3 Å². The van der Waals surface area contributed by atoms with E-state index in [1.807, 2.05) is 0 Å². The number of fused-ring (bicyclic) bond motifs is 1. The lowest BCUT2D eigenvalue weighted by Crippen LogP contribution is -2.26. The van der Waals surface area contributed by atoms with Crippen LogP contribution >= 0.6 is 0 Å². The smallest absolute Gasteiger partial charge is 0.436 e. The minimum Gasteiger partial charge on any atom is -0.436 e. The van der Waals surface area contributed by atoms with E-state index in [0.29, 0.717) is 5.56 Å². The fourth-order valence-electron chi connectivity index (χ4n) is 2.30. The third kappa shape index (κ3) is 3.75. The summed E-state index contributed by atoms with van der Waals surface area (Å²) >= 11 is 0. The fourth-order valence-corrected chi connectivity index (χ4v) is 2.30. The number of anilines is 1. The van der Waals surface area contributed by atoms with Crippen molar-refractivity contribution in [2.45, 2.75) is 12.8 Å². The monoisotopic (exact) mass is 362 g/mol. The van der Waals surface area contributed by atoms with Gasteiger partial charge in [0.25, 0.3) is 5.56 Å². The minimum absolute atomic E-state index is 0.0122. The topological polar surface area (TPSA) is 78.8 Å². The zero-order valence-corrected chi connectivity index (χ0v) is 13.2. The van der Waals surface area contributed by atoms with Crippen molar-refractivity contribution in [1.82, 2.24) is 4.57 Å². The number of terminal acetylenes is 1. The van der Waals surface area contributed by atoms with Gasteiger partial charge in [-0.05, 0) is 29.8 Å². The van der Waals surface area contributed by atoms with Gasteiger partial charge in [0, 0.05) is 6.20 Å². The number of carbonyl (C=O) groups is 1. The molecule has 26 heavy (non-hydrogen) atoms. The molecule has 0 saturated heterocycles. The first-order valence-electron chi connectivity index (χ1n) is 7.33. The maximum atomic E-state index is 13.1. The van der Waals surface area contributed by atoms with Gasteiger partial charge in [-0.25, -0.2) is 4.79 Å². The zero-order chi connectivity index (χ0) is 18.7. The van der Waals surface area contributed by atoms with Crippen LogP contribution in [0, 0.1) is 12.3 Å². The second kappa shape index (κ2) is 6.76. The molecular formula is C17H12F2N2O5. The molecule has 0 spiro atoms. The van der Waals surface area contributed by atoms with Crippen molar-refractivity contribution in [2.24, 2.45) is 0 Å². The Morgan fingerprint density at radius 1 is 1.31 bits per heavy atom. The van der Waals surface area contributed by atoms with E-state index in [0.717, 1.165) is 0 Å². The molecule has 1 aliphatic heterocycles. The van der Waals surface area contributed by atoms with Gasteiger partial charge in [-0.15, -0.1) is 15.2 Å². The van der Waals surface area contributed by atoms with Crippen molar-refractivity contribution in [3.05, 3.63) is 52.4 Å². The van der Waals surface area contributed by atoms with Gasteiger partial charge in [0.15, 0.2) is 18.1 Å². The third-order valence-electron chi connectivity index (χ3n) is 3.36. The lowest BCUT2D eigenvalue weighted by molar-refractivity contribution is -0.286. The van der Waals surface area contributed by atoms with E-state index in [-0.39, 0.29) is 30.3 Å². The molecule has 0 atom stereocenters. The number of hydrogen-bond acceptors (Lipinski definition) is 5. The number of halogens is 2. The number of ether oxygens (including phenoxy) is 3. The average molecular weight is 362 g/mol. The van der Waals surface area contributed by atoms with E-state index in [4.69, 9.17) is 6.42 Å². The number of amides is 1. The number of nitrogens with zero attached hydrogens (tertiary/aromatic N) is 1. The first-order chi connectivity index (χ1) is 12.4. The van der Waals surface area contributed by atoms with Crippen LogP contribution in [-0.2, 0) is 11.3 Å². The highest BCUT2D eigenvalue weighted by Gasteiger charge is 2.43. The summed E-state index contributed by atoms with van der Waals surface area (Å²) in [6, 6.07) is 7.15. The number of rotatable bonds is 4. The second-order valence-corrected chi connectivity index (χ2v) is 5.21. The summed E-state index contributed by atoms with van der Waals surface area (Å²) in [5.41, 5.74) is 0.00848. The lowest BCUT2D eigenvalue weighted by Gasteiger charge is -2.09. The Morgan fingerprint density at radius 2 is 2.08 bits per heavy atom. The van der Waals surface area contributed by atoms with E-state index in [1.165, 1.54) is 35.0 Å². The molecule has 0 saturated carbocycles. The number of carbonyl (C=O) groups excluding carboxylic acids is 1. The Balaban J connectivity index is 1.77. The molecule has 0 fully saturated rings. The van der Waals surface area contributed by atoms with E-state index >= 15 is 0 Å². The van der Waals surface area contributed by atoms with Crippen molar-refractivity contribution in [2.75, 3.05) is 11.9 Å². The Morgan fingerprint density at radius 3 is 2.85 bits per heavy atom. The molecule has 1 amide bonds. The molecule has 3 rings (SSSR count). The van der Waals surface area contributed by atoms with E-state index in [1.54, 1.807) is 6.07 Å². The van der Waals surface area contributed by atoms with Crippen LogP contribution in [0.25, 0.3) is 0 Å². The summed E-state index contributed by atoms with van der Waals surface area (Å²) < 4.78 is 40.7. The largest absolute Gasteiger partial charge is 0.586 e. The summed E-state index contributed by atoms with van der Waals surface area (Å²) in [7, 11) is 0. The van der Waals surface area contributed by atoms with Gasteiger partial charge < -0.3 is 18.8 Å². The maximum Gasteiger partial charge on any atom is 0.586 e. The van der Waals surface area contributed by atoms with Gasteiger partial charge in [-0.2, -0.15) is 0 Å². The number of benzene rings is 1. The molecule has 7 nitrogen and oxygen atoms in total. The molecule has 0 unspecified atom stereocenters. The summed E-state index contributed by atoms with van der Waals surface area (Å²) in [6.07, 6.45) is 1.90. The van der Waals surface area contributed by atoms with Gasteiger partial charge in [-0.3, -0.25) is 10.1 Å². The number of pyridine rings is 1. The summed E-state index contributed by atoms with van der Waals surface area (Å²) in [6.45, 7) is -0.162. The summed E-state index contributed by atoms with van der Waals surface area (Å²) in [5, 5.41) is 2.29. The number of nitrogens with one attached hydrogen (secondary N) is 1. The number of hydrogen-bond donors (Lipinski definition) is 1. The predicted molar refractivity (Wildman–Crippen MR) is 86.3 cm³/mol. The quantitative estimate of drug-likeness (QED) is 0.845. The van der Waals surface area contributed by atoms with E-state index in [2.05, 4.69) is 25.4 Å². The molecule has 1 aromatic carbocycles. The van der Waals surface area contributed by atoms with Crippen molar-refractivity contribution < 1.29 is 27.8 Å². The molecule has 1 aromatic heterocycles. The van der Waals surface area contributed by atoms with E-state index in [9.17, 15) is 18.4 Å². The Bertz CT molecular complexity index is 949. The van der Waals surface area contributed by atoms with Crippen molar-refractivity contribution in [1.29, 1.82) is 0 Å². The molecule has 9 heteroatoms. The van der Waals surface area contributed by atoms with Crippen LogP contribution in [0.1, 0.15) is 5.56 Å². The normalized spacial score (nSPS) is 13.7. The minimum atomic E-state index is -3.71. The SMILES string of the molecule is C#CCOC(=O)Nc1cccn(Cc2ccc3c(c2)OC(F)(F)O3)c1=O. The highest BCUT2D eigenvalue weighted by Crippen LogP contribution is 2.41. The van der Waals surface area contributed by atoms with Crippen molar-refractivity contribution in [3.63, 3.8) is 0 Å². The lowest BCUT2D eigenvalue weighted by atomic mass is 10.2. The third-order valence-corrected chi connectivity index (χ3v) is 3.36. The highest BCUT2D eigenvalue weighted by molar-refractivity contribution is 5.84. The fraction of sp³-hybridized carbons (Fsp3) is 0.176. The van der Waals surface area contributed by atoms with E-state index < -0.39 is 17.9 Å². The first-order valence-corrected chi connectivity index (χ1v) is 7.33. The molecule has 0 aliphatic carbocycles. The number of alkyl halides is 2. The van der Waals surface area contributed by atoms with Gasteiger partial charge >= 0.3 is 12.4 Å². The molecule has 1 aliphatic rings. The van der Waals surface area contributed by atoms with Crippen LogP contribution in [-0.4, -0.2) is 23.6 Å². The molecule has 0 bridgehead atoms.